The Morgan fingerprint density at radius 3 is 2.02 bits per heavy atom. The highest BCUT2D eigenvalue weighted by Crippen LogP contribution is 2.43. The Kier molecular flexibility index (Phi) is 5.64. The summed E-state index contributed by atoms with van der Waals surface area (Å²) in [5.74, 6) is 0.657. The summed E-state index contributed by atoms with van der Waals surface area (Å²) in [4.78, 5) is 7.12. The van der Waals surface area contributed by atoms with Crippen LogP contribution in [0.25, 0.3) is 53.9 Å². The van der Waals surface area contributed by atoms with Crippen LogP contribution in [0.5, 0.6) is 0 Å². The number of benzene rings is 6. The van der Waals surface area contributed by atoms with E-state index < -0.39 is 0 Å². The summed E-state index contributed by atoms with van der Waals surface area (Å²) >= 11 is 1.80. The summed E-state index contributed by atoms with van der Waals surface area (Å²) in [6.45, 7) is 0. The average molecular weight is 545 g/mol. The molecular formula is C37H24N2OS. The monoisotopic (exact) mass is 544 g/mol. The first-order chi connectivity index (χ1) is 20.3. The lowest BCUT2D eigenvalue weighted by Crippen LogP contribution is -2.09. The molecule has 0 fully saturated rings. The van der Waals surface area contributed by atoms with Gasteiger partial charge < -0.3 is 9.32 Å². The van der Waals surface area contributed by atoms with Crippen LogP contribution in [0.1, 0.15) is 0 Å². The molecule has 0 saturated heterocycles. The predicted molar refractivity (Wildman–Crippen MR) is 172 cm³/mol. The fraction of sp³-hybridized carbons (Fsp3) is 0. The van der Waals surface area contributed by atoms with E-state index in [4.69, 9.17) is 9.40 Å². The van der Waals surface area contributed by atoms with E-state index in [1.165, 1.54) is 31.3 Å². The molecule has 6 aromatic carbocycles. The molecule has 0 radical (unpaired) electrons. The molecule has 41 heavy (non-hydrogen) atoms. The van der Waals surface area contributed by atoms with Crippen LogP contribution in [0, 0.1) is 0 Å². The number of rotatable bonds is 5. The summed E-state index contributed by atoms with van der Waals surface area (Å²) in [5.41, 5.74) is 8.47. The largest absolute Gasteiger partial charge is 0.436 e. The maximum Gasteiger partial charge on any atom is 0.227 e. The summed E-state index contributed by atoms with van der Waals surface area (Å²) < 4.78 is 8.63. The Hall–Kier alpha value is -5.19. The highest BCUT2D eigenvalue weighted by atomic mass is 32.1. The zero-order valence-electron chi connectivity index (χ0n) is 22.1. The summed E-state index contributed by atoms with van der Waals surface area (Å²) in [6.07, 6.45) is 0. The highest BCUT2D eigenvalue weighted by molar-refractivity contribution is 7.26. The van der Waals surface area contributed by atoms with Crippen molar-refractivity contribution >= 4 is 59.7 Å². The molecule has 0 bridgehead atoms. The van der Waals surface area contributed by atoms with E-state index in [0.29, 0.717) is 5.89 Å². The molecule has 0 saturated carbocycles. The lowest BCUT2D eigenvalue weighted by Gasteiger charge is -2.25. The van der Waals surface area contributed by atoms with Crippen LogP contribution in [-0.4, -0.2) is 4.98 Å². The fourth-order valence-electron chi connectivity index (χ4n) is 5.58. The lowest BCUT2D eigenvalue weighted by atomic mass is 10.0. The van der Waals surface area contributed by atoms with Crippen molar-refractivity contribution in [3.8, 4) is 22.6 Å². The van der Waals surface area contributed by atoms with Gasteiger partial charge in [-0.05, 0) is 71.8 Å². The molecule has 8 rings (SSSR count). The molecule has 4 heteroatoms. The van der Waals surface area contributed by atoms with Gasteiger partial charge in [-0.15, -0.1) is 11.3 Å². The average Bonchev–Trinajstić information content (AvgIpc) is 3.64. The molecular weight excluding hydrogens is 520 g/mol. The standard InChI is InChI=1S/C37H24N2OS/c1-3-10-25(11-4-1)26-18-20-28(21-19-26)39(27-12-5-2-6-13-27)29-22-23-30-35(24-29)41-34-17-9-14-31(36(30)34)37-38-32-15-7-8-16-33(32)40-37/h1-24H. The number of anilines is 3. The molecule has 0 spiro atoms. The van der Waals surface area contributed by atoms with E-state index in [1.54, 1.807) is 11.3 Å². The van der Waals surface area contributed by atoms with Crippen LogP contribution in [-0.2, 0) is 0 Å². The first-order valence-electron chi connectivity index (χ1n) is 13.6. The minimum absolute atomic E-state index is 0.657. The van der Waals surface area contributed by atoms with Crippen molar-refractivity contribution in [1.29, 1.82) is 0 Å². The molecule has 2 aromatic heterocycles. The zero-order chi connectivity index (χ0) is 27.2. The van der Waals surface area contributed by atoms with E-state index in [-0.39, 0.29) is 0 Å². The number of hydrogen-bond donors (Lipinski definition) is 0. The van der Waals surface area contributed by atoms with Crippen molar-refractivity contribution in [1.82, 2.24) is 4.98 Å². The molecule has 194 valence electrons. The molecule has 0 aliphatic rings. The second-order valence-electron chi connectivity index (χ2n) is 10.0. The number of nitrogens with zero attached hydrogens (tertiary/aromatic N) is 2. The van der Waals surface area contributed by atoms with Crippen molar-refractivity contribution in [3.05, 3.63) is 146 Å². The summed E-state index contributed by atoms with van der Waals surface area (Å²) in [5, 5.41) is 2.39. The van der Waals surface area contributed by atoms with Gasteiger partial charge in [-0.2, -0.15) is 0 Å². The third-order valence-electron chi connectivity index (χ3n) is 7.51. The van der Waals surface area contributed by atoms with Crippen LogP contribution >= 0.6 is 11.3 Å². The molecule has 0 unspecified atom stereocenters. The summed E-state index contributed by atoms with van der Waals surface area (Å²) in [6, 6.07) is 50.9. The van der Waals surface area contributed by atoms with Crippen molar-refractivity contribution in [2.75, 3.05) is 4.90 Å². The van der Waals surface area contributed by atoms with E-state index in [2.05, 4.69) is 126 Å². The van der Waals surface area contributed by atoms with Crippen molar-refractivity contribution in [3.63, 3.8) is 0 Å². The van der Waals surface area contributed by atoms with Crippen molar-refractivity contribution in [2.24, 2.45) is 0 Å². The van der Waals surface area contributed by atoms with E-state index >= 15 is 0 Å². The normalized spacial score (nSPS) is 11.4. The van der Waals surface area contributed by atoms with Gasteiger partial charge in [0.15, 0.2) is 5.58 Å². The summed E-state index contributed by atoms with van der Waals surface area (Å²) in [7, 11) is 0. The first-order valence-corrected chi connectivity index (χ1v) is 14.5. The Bertz CT molecular complexity index is 2110. The van der Waals surface area contributed by atoms with Crippen molar-refractivity contribution in [2.45, 2.75) is 0 Å². The van der Waals surface area contributed by atoms with Gasteiger partial charge in [0.2, 0.25) is 5.89 Å². The van der Waals surface area contributed by atoms with Crippen LogP contribution in [0.2, 0.25) is 0 Å². The Morgan fingerprint density at radius 2 is 1.22 bits per heavy atom. The minimum atomic E-state index is 0.657. The van der Waals surface area contributed by atoms with Gasteiger partial charge in [-0.3, -0.25) is 0 Å². The third-order valence-corrected chi connectivity index (χ3v) is 8.63. The SMILES string of the molecule is c1ccc(-c2ccc(N(c3ccccc3)c3ccc4c(c3)sc3cccc(-c5nc6ccccc6o5)c34)cc2)cc1. The Balaban J connectivity index is 1.26. The van der Waals surface area contributed by atoms with Gasteiger partial charge >= 0.3 is 0 Å². The van der Waals surface area contributed by atoms with Crippen LogP contribution in [0.4, 0.5) is 17.1 Å². The molecule has 0 aliphatic carbocycles. The van der Waals surface area contributed by atoms with Gasteiger partial charge in [-0.25, -0.2) is 4.98 Å². The molecule has 0 N–H and O–H groups in total. The number of para-hydroxylation sites is 3. The quantitative estimate of drug-likeness (QED) is 0.216. The number of fused-ring (bicyclic) bond motifs is 4. The van der Waals surface area contributed by atoms with E-state index in [9.17, 15) is 0 Å². The van der Waals surface area contributed by atoms with Crippen LogP contribution in [0.15, 0.2) is 150 Å². The van der Waals surface area contributed by atoms with Gasteiger partial charge in [0, 0.05) is 42.8 Å². The number of aromatic nitrogens is 1. The second kappa shape index (κ2) is 9.77. The van der Waals surface area contributed by atoms with Crippen LogP contribution < -0.4 is 4.90 Å². The number of thiophene rings is 1. The predicted octanol–water partition coefficient (Wildman–Crippen LogP) is 11.0. The maximum absolute atomic E-state index is 6.18. The topological polar surface area (TPSA) is 29.3 Å². The fourth-order valence-corrected chi connectivity index (χ4v) is 6.74. The smallest absolute Gasteiger partial charge is 0.227 e. The maximum atomic E-state index is 6.18. The first kappa shape index (κ1) is 23.7. The highest BCUT2D eigenvalue weighted by Gasteiger charge is 2.18. The number of oxazole rings is 1. The van der Waals surface area contributed by atoms with Gasteiger partial charge in [0.05, 0.1) is 0 Å². The van der Waals surface area contributed by atoms with E-state index in [1.807, 2.05) is 24.3 Å². The molecule has 8 aromatic rings. The molecule has 0 amide bonds. The molecule has 2 heterocycles. The van der Waals surface area contributed by atoms with Gasteiger partial charge in [0.25, 0.3) is 0 Å². The molecule has 0 atom stereocenters. The second-order valence-corrected chi connectivity index (χ2v) is 11.1. The van der Waals surface area contributed by atoms with Gasteiger partial charge in [-0.1, -0.05) is 84.9 Å². The van der Waals surface area contributed by atoms with Crippen molar-refractivity contribution < 1.29 is 4.42 Å². The van der Waals surface area contributed by atoms with E-state index in [0.717, 1.165) is 33.7 Å². The molecule has 3 nitrogen and oxygen atoms in total. The molecule has 0 aliphatic heterocycles. The lowest BCUT2D eigenvalue weighted by molar-refractivity contribution is 0.620. The Morgan fingerprint density at radius 1 is 0.537 bits per heavy atom. The Labute approximate surface area is 241 Å². The third kappa shape index (κ3) is 4.17. The zero-order valence-corrected chi connectivity index (χ0v) is 22.9. The van der Waals surface area contributed by atoms with Crippen LogP contribution in [0.3, 0.4) is 0 Å². The van der Waals surface area contributed by atoms with Gasteiger partial charge in [0.1, 0.15) is 5.52 Å². The minimum Gasteiger partial charge on any atom is -0.436 e. The number of hydrogen-bond acceptors (Lipinski definition) is 4.